The van der Waals surface area contributed by atoms with Crippen molar-refractivity contribution >= 4 is 51.6 Å². The van der Waals surface area contributed by atoms with Gasteiger partial charge in [-0.25, -0.2) is 9.97 Å². The molecule has 13 heteroatoms. The smallest absolute Gasteiger partial charge is 0.310 e. The first-order chi connectivity index (χ1) is 21.6. The predicted octanol–water partition coefficient (Wildman–Crippen LogP) is 4.92. The highest BCUT2D eigenvalue weighted by Crippen LogP contribution is 2.57. The molecule has 1 N–H and O–H groups in total. The number of carbonyl (C=O) groups is 3. The molecule has 3 aromatic rings. The first-order valence-corrected chi connectivity index (χ1v) is 16.1. The number of halogens is 1. The van der Waals surface area contributed by atoms with E-state index in [9.17, 15) is 24.8 Å². The fourth-order valence-corrected chi connectivity index (χ4v) is 7.30. The van der Waals surface area contributed by atoms with Crippen LogP contribution in [0, 0.1) is 22.7 Å². The number of thiazole rings is 1. The number of carboxylic acid groups (broad SMARTS) is 1. The average molecular weight is 650 g/mol. The molecular formula is C32H32ClN5O6S. The van der Waals surface area contributed by atoms with Gasteiger partial charge < -0.3 is 24.4 Å². The second-order valence-corrected chi connectivity index (χ2v) is 13.0. The summed E-state index contributed by atoms with van der Waals surface area (Å²) >= 11 is 7.94. The minimum Gasteiger partial charge on any atom is -0.495 e. The van der Waals surface area contributed by atoms with Crippen LogP contribution in [-0.4, -0.2) is 82.1 Å². The highest BCUT2D eigenvalue weighted by atomic mass is 35.5. The number of aromatic nitrogens is 2. The third kappa shape index (κ3) is 5.82. The van der Waals surface area contributed by atoms with E-state index < -0.39 is 23.5 Å². The van der Waals surface area contributed by atoms with Crippen LogP contribution in [0.1, 0.15) is 44.2 Å². The molecule has 2 aromatic heterocycles. The molecule has 4 heterocycles. The molecule has 0 unspecified atom stereocenters. The van der Waals surface area contributed by atoms with Crippen LogP contribution >= 0.6 is 22.9 Å². The second kappa shape index (κ2) is 12.3. The van der Waals surface area contributed by atoms with E-state index in [1.807, 2.05) is 18.2 Å². The Kier molecular flexibility index (Phi) is 8.41. The van der Waals surface area contributed by atoms with Gasteiger partial charge in [0.1, 0.15) is 45.4 Å². The van der Waals surface area contributed by atoms with Crippen molar-refractivity contribution in [1.82, 2.24) is 19.8 Å². The van der Waals surface area contributed by atoms with Gasteiger partial charge in [0.15, 0.2) is 5.69 Å². The molecule has 1 saturated heterocycles. The summed E-state index contributed by atoms with van der Waals surface area (Å²) in [5, 5.41) is 22.4. The molecule has 4 atom stereocenters. The standard InChI is InChI=1S/C32H32ClN5O6S/c1-37-10-6-4-3-5-7-18-13-32(18,31(41)42)14-26(39)38-16-20(11-23(38)30(37)40)44-25-12-22(29-35-19(15-34)17-45-29)36-28-21(25)8-9-24(43-2)27(28)33/h5,7-9,12,17-18,20,23H,3-4,6,10-11,13-14,16H2,1-2H3,(H,41,42)/b7-5-/t18-,20+,23+,32-/m1/s1. The molecule has 1 aromatic carbocycles. The lowest BCUT2D eigenvalue weighted by Gasteiger charge is -2.28. The number of nitrogens with zero attached hydrogens (tertiary/aromatic N) is 5. The fourth-order valence-electron chi connectivity index (χ4n) is 6.31. The van der Waals surface area contributed by atoms with E-state index in [0.29, 0.717) is 46.1 Å². The van der Waals surface area contributed by atoms with Crippen LogP contribution in [0.15, 0.2) is 35.7 Å². The minimum absolute atomic E-state index is 0.109. The molecule has 2 aliphatic heterocycles. The maximum atomic E-state index is 13.8. The van der Waals surface area contributed by atoms with Crippen LogP contribution in [0.25, 0.3) is 21.6 Å². The predicted molar refractivity (Wildman–Crippen MR) is 167 cm³/mol. The van der Waals surface area contributed by atoms with Crippen LogP contribution in [0.4, 0.5) is 0 Å². The van der Waals surface area contributed by atoms with Crippen molar-refractivity contribution in [1.29, 1.82) is 5.26 Å². The Balaban J connectivity index is 1.35. The lowest BCUT2D eigenvalue weighted by atomic mass is 9.97. The van der Waals surface area contributed by atoms with Crippen LogP contribution in [-0.2, 0) is 14.4 Å². The van der Waals surface area contributed by atoms with Crippen LogP contribution < -0.4 is 9.47 Å². The van der Waals surface area contributed by atoms with E-state index in [4.69, 9.17) is 26.1 Å². The summed E-state index contributed by atoms with van der Waals surface area (Å²) in [7, 11) is 3.24. The molecular weight excluding hydrogens is 618 g/mol. The first kappa shape index (κ1) is 30.8. The van der Waals surface area contributed by atoms with Crippen molar-refractivity contribution in [2.24, 2.45) is 11.3 Å². The quantitative estimate of drug-likeness (QED) is 0.381. The number of carbonyl (C=O) groups excluding carboxylic acids is 2. The number of hydrogen-bond donors (Lipinski definition) is 1. The Hall–Kier alpha value is -4.21. The highest BCUT2D eigenvalue weighted by Gasteiger charge is 2.61. The third-order valence-corrected chi connectivity index (χ3v) is 10.2. The lowest BCUT2D eigenvalue weighted by Crippen LogP contribution is -2.47. The SMILES string of the molecule is COc1ccc2c(O[C@H]3C[C@H]4C(=O)N(C)CCCC/C=C\[C@@H]5C[C@@]5(C(=O)O)CC(=O)N4C3)cc(-c3nc(C#N)cs3)nc2c1Cl. The number of hydrogen-bond acceptors (Lipinski definition) is 9. The monoisotopic (exact) mass is 649 g/mol. The number of ether oxygens (including phenoxy) is 2. The molecule has 234 valence electrons. The minimum atomic E-state index is -1.15. The summed E-state index contributed by atoms with van der Waals surface area (Å²) in [4.78, 5) is 52.1. The van der Waals surface area contributed by atoms with Crippen molar-refractivity contribution in [2.45, 2.75) is 50.7 Å². The Morgan fingerprint density at radius 3 is 2.80 bits per heavy atom. The largest absolute Gasteiger partial charge is 0.495 e. The summed E-state index contributed by atoms with van der Waals surface area (Å²) in [5.41, 5.74) is -0.0381. The number of likely N-dealkylation sites (N-methyl/N-ethyl adjacent to an activating group) is 1. The summed E-state index contributed by atoms with van der Waals surface area (Å²) in [6, 6.07) is 6.44. The van der Waals surface area contributed by atoms with E-state index in [2.05, 4.69) is 4.98 Å². The summed E-state index contributed by atoms with van der Waals surface area (Å²) < 4.78 is 12.0. The topological polar surface area (TPSA) is 146 Å². The molecule has 3 aliphatic rings. The van der Waals surface area contributed by atoms with Gasteiger partial charge in [-0.1, -0.05) is 23.8 Å². The van der Waals surface area contributed by atoms with Crippen LogP contribution in [0.3, 0.4) is 0 Å². The van der Waals surface area contributed by atoms with Crippen molar-refractivity contribution in [3.8, 4) is 28.3 Å². The Bertz CT molecular complexity index is 1750. The Labute approximate surface area is 269 Å². The van der Waals surface area contributed by atoms with E-state index in [1.54, 1.807) is 35.5 Å². The molecule has 0 bridgehead atoms. The number of benzene rings is 1. The number of fused-ring (bicyclic) bond motifs is 3. The average Bonchev–Trinajstić information content (AvgIpc) is 3.33. The molecule has 2 amide bonds. The Morgan fingerprint density at radius 1 is 1.24 bits per heavy atom. The number of pyridine rings is 1. The summed E-state index contributed by atoms with van der Waals surface area (Å²) in [6.07, 6.45) is 6.27. The summed E-state index contributed by atoms with van der Waals surface area (Å²) in [5.74, 6) is -0.917. The zero-order chi connectivity index (χ0) is 31.9. The van der Waals surface area contributed by atoms with Gasteiger partial charge in [0.25, 0.3) is 0 Å². The van der Waals surface area contributed by atoms with Crippen LogP contribution in [0.2, 0.25) is 5.02 Å². The van der Waals surface area contributed by atoms with Gasteiger partial charge in [0.2, 0.25) is 11.8 Å². The second-order valence-electron chi connectivity index (χ2n) is 11.8. The van der Waals surface area contributed by atoms with Gasteiger partial charge in [0.05, 0.1) is 24.6 Å². The number of nitriles is 1. The van der Waals surface area contributed by atoms with Crippen molar-refractivity contribution in [3.63, 3.8) is 0 Å². The Morgan fingerprint density at radius 2 is 2.07 bits per heavy atom. The molecule has 1 saturated carbocycles. The van der Waals surface area contributed by atoms with E-state index in [-0.39, 0.29) is 47.8 Å². The highest BCUT2D eigenvalue weighted by molar-refractivity contribution is 7.13. The number of methoxy groups -OCH3 is 1. The van der Waals surface area contributed by atoms with E-state index >= 15 is 0 Å². The molecule has 2 fully saturated rings. The zero-order valence-electron chi connectivity index (χ0n) is 24.9. The van der Waals surface area contributed by atoms with Gasteiger partial charge in [-0.15, -0.1) is 11.3 Å². The lowest BCUT2D eigenvalue weighted by molar-refractivity contribution is -0.150. The number of aliphatic carboxylic acids is 1. The number of allylic oxidation sites excluding steroid dienone is 2. The molecule has 0 spiro atoms. The molecule has 0 radical (unpaired) electrons. The van der Waals surface area contributed by atoms with E-state index in [1.165, 1.54) is 23.3 Å². The van der Waals surface area contributed by atoms with Gasteiger partial charge >= 0.3 is 5.97 Å². The molecule has 11 nitrogen and oxygen atoms in total. The van der Waals surface area contributed by atoms with Crippen LogP contribution in [0.5, 0.6) is 11.5 Å². The fraction of sp³-hybridized carbons (Fsp3) is 0.438. The van der Waals surface area contributed by atoms with Gasteiger partial charge in [-0.3, -0.25) is 14.4 Å². The van der Waals surface area contributed by atoms with Crippen molar-refractivity contribution < 1.29 is 29.0 Å². The molecule has 6 rings (SSSR count). The third-order valence-electron chi connectivity index (χ3n) is 8.95. The van der Waals surface area contributed by atoms with Crippen molar-refractivity contribution in [3.05, 3.63) is 46.4 Å². The zero-order valence-corrected chi connectivity index (χ0v) is 26.4. The number of amides is 2. The van der Waals surface area contributed by atoms with Crippen molar-refractivity contribution in [2.75, 3.05) is 27.2 Å². The maximum Gasteiger partial charge on any atom is 0.310 e. The molecule has 45 heavy (non-hydrogen) atoms. The number of rotatable bonds is 5. The summed E-state index contributed by atoms with van der Waals surface area (Å²) in [6.45, 7) is 0.661. The van der Waals surface area contributed by atoms with Gasteiger partial charge in [-0.2, -0.15) is 5.26 Å². The van der Waals surface area contributed by atoms with E-state index in [0.717, 1.165) is 19.3 Å². The maximum absolute atomic E-state index is 13.8. The molecule has 1 aliphatic carbocycles. The number of carboxylic acids is 1. The van der Waals surface area contributed by atoms with Gasteiger partial charge in [0, 0.05) is 43.3 Å². The first-order valence-electron chi connectivity index (χ1n) is 14.8. The normalized spacial score (nSPS) is 26.0. The van der Waals surface area contributed by atoms with Gasteiger partial charge in [-0.05, 0) is 43.7 Å².